The summed E-state index contributed by atoms with van der Waals surface area (Å²) in [5.41, 5.74) is 0.532. The van der Waals surface area contributed by atoms with Gasteiger partial charge in [-0.15, -0.1) is 0 Å². The fraction of sp³-hybridized carbons (Fsp3) is 0. The van der Waals surface area contributed by atoms with Gasteiger partial charge in [0.1, 0.15) is 11.5 Å². The van der Waals surface area contributed by atoms with Gasteiger partial charge in [-0.1, -0.05) is 18.2 Å². The van der Waals surface area contributed by atoms with E-state index in [-0.39, 0.29) is 10.7 Å². The van der Waals surface area contributed by atoms with E-state index in [2.05, 4.69) is 5.32 Å². The predicted octanol–water partition coefficient (Wildman–Crippen LogP) is 4.08. The summed E-state index contributed by atoms with van der Waals surface area (Å²) in [5, 5.41) is 1.71. The fourth-order valence-corrected chi connectivity index (χ4v) is 2.60. The van der Waals surface area contributed by atoms with Gasteiger partial charge in [0.15, 0.2) is 11.6 Å². The predicted molar refractivity (Wildman–Crippen MR) is 82.0 cm³/mol. The van der Waals surface area contributed by atoms with Crippen molar-refractivity contribution in [2.75, 3.05) is 0 Å². The monoisotopic (exact) mass is 333 g/mol. The van der Waals surface area contributed by atoms with Gasteiger partial charge in [0.05, 0.1) is 4.91 Å². The molecule has 0 unspecified atom stereocenters. The molecule has 2 aromatic carbocycles. The molecule has 0 bridgehead atoms. The number of hydrogen-bond donors (Lipinski definition) is 1. The number of carbonyl (C=O) groups excluding carboxylic acids is 2. The molecule has 0 aromatic heterocycles. The van der Waals surface area contributed by atoms with E-state index >= 15 is 0 Å². The highest BCUT2D eigenvalue weighted by molar-refractivity contribution is 8.18. The number of ether oxygens (including phenoxy) is 1. The van der Waals surface area contributed by atoms with Crippen LogP contribution in [0.3, 0.4) is 0 Å². The zero-order chi connectivity index (χ0) is 16.4. The van der Waals surface area contributed by atoms with Crippen LogP contribution in [0.15, 0.2) is 47.4 Å². The minimum Gasteiger partial charge on any atom is -0.457 e. The first-order valence-electron chi connectivity index (χ1n) is 6.50. The molecular formula is C16H9F2NO3S. The maximum Gasteiger partial charge on any atom is 0.290 e. The van der Waals surface area contributed by atoms with Crippen molar-refractivity contribution in [2.45, 2.75) is 0 Å². The lowest BCUT2D eigenvalue weighted by Gasteiger charge is -2.09. The van der Waals surface area contributed by atoms with Gasteiger partial charge in [0, 0.05) is 11.6 Å². The third kappa shape index (κ3) is 3.40. The Bertz CT molecular complexity index is 836. The normalized spacial score (nSPS) is 15.8. The topological polar surface area (TPSA) is 55.4 Å². The van der Waals surface area contributed by atoms with E-state index in [9.17, 15) is 18.4 Å². The number of hydrogen-bond acceptors (Lipinski definition) is 4. The second-order valence-electron chi connectivity index (χ2n) is 4.57. The molecule has 1 saturated heterocycles. The van der Waals surface area contributed by atoms with Gasteiger partial charge in [-0.05, 0) is 36.0 Å². The van der Waals surface area contributed by atoms with Crippen molar-refractivity contribution in [3.63, 3.8) is 0 Å². The minimum atomic E-state index is -1.02. The van der Waals surface area contributed by atoms with Crippen LogP contribution in [0.2, 0.25) is 0 Å². The maximum atomic E-state index is 13.2. The molecule has 2 amide bonds. The van der Waals surface area contributed by atoms with Gasteiger partial charge in [-0.2, -0.15) is 0 Å². The van der Waals surface area contributed by atoms with E-state index in [1.807, 2.05) is 0 Å². The average molecular weight is 333 g/mol. The van der Waals surface area contributed by atoms with Gasteiger partial charge in [0.25, 0.3) is 11.1 Å². The van der Waals surface area contributed by atoms with E-state index in [4.69, 9.17) is 4.74 Å². The van der Waals surface area contributed by atoms with Gasteiger partial charge in [-0.25, -0.2) is 8.78 Å². The molecule has 1 heterocycles. The quantitative estimate of drug-likeness (QED) is 0.860. The van der Waals surface area contributed by atoms with Gasteiger partial charge in [0.2, 0.25) is 0 Å². The Labute approximate surface area is 134 Å². The molecule has 23 heavy (non-hydrogen) atoms. The summed E-state index contributed by atoms with van der Waals surface area (Å²) in [4.78, 5) is 23.0. The van der Waals surface area contributed by atoms with Crippen LogP contribution in [0.5, 0.6) is 11.5 Å². The highest BCUT2D eigenvalue weighted by atomic mass is 32.2. The minimum absolute atomic E-state index is 0.120. The molecule has 0 saturated carbocycles. The molecule has 3 rings (SSSR count). The number of thioether (sulfide) groups is 1. The highest BCUT2D eigenvalue weighted by Gasteiger charge is 2.25. The summed E-state index contributed by atoms with van der Waals surface area (Å²) < 4.78 is 31.7. The van der Waals surface area contributed by atoms with E-state index in [1.165, 1.54) is 12.1 Å². The van der Waals surface area contributed by atoms with Crippen molar-refractivity contribution in [1.82, 2.24) is 5.32 Å². The van der Waals surface area contributed by atoms with Crippen LogP contribution in [-0.4, -0.2) is 11.1 Å². The molecule has 0 atom stereocenters. The first-order valence-corrected chi connectivity index (χ1v) is 7.31. The van der Waals surface area contributed by atoms with E-state index in [1.54, 1.807) is 24.3 Å². The molecule has 116 valence electrons. The van der Waals surface area contributed by atoms with Crippen LogP contribution in [0.25, 0.3) is 6.08 Å². The van der Waals surface area contributed by atoms with Gasteiger partial charge < -0.3 is 4.74 Å². The number of amides is 2. The Kier molecular flexibility index (Phi) is 4.12. The summed E-state index contributed by atoms with van der Waals surface area (Å²) in [7, 11) is 0. The lowest BCUT2D eigenvalue weighted by Crippen LogP contribution is -2.17. The lowest BCUT2D eigenvalue weighted by molar-refractivity contribution is -0.115. The summed E-state index contributed by atoms with van der Waals surface area (Å²) in [6.07, 6.45) is 1.50. The standard InChI is InChI=1S/C16H9F2NO3S/c17-11-6-5-10(8-12(11)18)22-13-4-2-1-3-9(13)7-14-15(20)19-16(21)23-14/h1-8H,(H,19,20,21)/b14-7+. The molecule has 0 spiro atoms. The fourth-order valence-electron chi connectivity index (χ4n) is 1.92. The zero-order valence-corrected chi connectivity index (χ0v) is 12.3. The third-order valence-corrected chi connectivity index (χ3v) is 3.78. The Morgan fingerprint density at radius 1 is 1.04 bits per heavy atom. The molecule has 2 aromatic rings. The summed E-state index contributed by atoms with van der Waals surface area (Å²) >= 11 is 0.784. The first kappa shape index (κ1) is 15.2. The lowest BCUT2D eigenvalue weighted by atomic mass is 10.2. The van der Waals surface area contributed by atoms with Crippen LogP contribution in [0.1, 0.15) is 5.56 Å². The summed E-state index contributed by atoms with van der Waals surface area (Å²) in [5.74, 6) is -2.00. The van der Waals surface area contributed by atoms with Crippen molar-refractivity contribution in [3.8, 4) is 11.5 Å². The highest BCUT2D eigenvalue weighted by Crippen LogP contribution is 2.31. The molecule has 0 aliphatic carbocycles. The zero-order valence-electron chi connectivity index (χ0n) is 11.5. The number of imide groups is 1. The molecule has 1 fully saturated rings. The molecule has 4 nitrogen and oxygen atoms in total. The van der Waals surface area contributed by atoms with Crippen molar-refractivity contribution in [1.29, 1.82) is 0 Å². The van der Waals surface area contributed by atoms with Crippen molar-refractivity contribution in [2.24, 2.45) is 0 Å². The van der Waals surface area contributed by atoms with Crippen LogP contribution < -0.4 is 10.1 Å². The van der Waals surface area contributed by atoms with Crippen molar-refractivity contribution < 1.29 is 23.1 Å². The number of nitrogens with one attached hydrogen (secondary N) is 1. The molecule has 1 N–H and O–H groups in total. The third-order valence-electron chi connectivity index (χ3n) is 2.97. The maximum absolute atomic E-state index is 13.2. The molecular weight excluding hydrogens is 324 g/mol. The Morgan fingerprint density at radius 2 is 1.83 bits per heavy atom. The Balaban J connectivity index is 1.92. The second kappa shape index (κ2) is 6.21. The average Bonchev–Trinajstić information content (AvgIpc) is 2.83. The SMILES string of the molecule is O=C1NC(=O)/C(=C\c2ccccc2Oc2ccc(F)c(F)c2)S1. The van der Waals surface area contributed by atoms with Crippen molar-refractivity contribution >= 4 is 29.0 Å². The van der Waals surface area contributed by atoms with Crippen LogP contribution in [0, 0.1) is 11.6 Å². The number of para-hydroxylation sites is 1. The second-order valence-corrected chi connectivity index (χ2v) is 5.58. The molecule has 1 aliphatic rings. The first-order chi connectivity index (χ1) is 11.0. The smallest absolute Gasteiger partial charge is 0.290 e. The molecule has 1 aliphatic heterocycles. The Hall–Kier alpha value is -2.67. The largest absolute Gasteiger partial charge is 0.457 e. The van der Waals surface area contributed by atoms with E-state index in [0.717, 1.165) is 23.9 Å². The number of halogens is 2. The molecule has 7 heteroatoms. The van der Waals surface area contributed by atoms with E-state index < -0.39 is 22.8 Å². The van der Waals surface area contributed by atoms with Gasteiger partial charge in [-0.3, -0.25) is 14.9 Å². The summed E-state index contributed by atoms with van der Waals surface area (Å²) in [6.45, 7) is 0. The molecule has 0 radical (unpaired) electrons. The summed E-state index contributed by atoms with van der Waals surface area (Å²) in [6, 6.07) is 9.91. The number of benzene rings is 2. The number of rotatable bonds is 3. The van der Waals surface area contributed by atoms with Crippen LogP contribution in [0.4, 0.5) is 13.6 Å². The van der Waals surface area contributed by atoms with Crippen LogP contribution in [-0.2, 0) is 4.79 Å². The van der Waals surface area contributed by atoms with E-state index in [0.29, 0.717) is 11.3 Å². The van der Waals surface area contributed by atoms with Crippen LogP contribution >= 0.6 is 11.8 Å². The Morgan fingerprint density at radius 3 is 2.52 bits per heavy atom. The van der Waals surface area contributed by atoms with Gasteiger partial charge >= 0.3 is 0 Å². The number of carbonyl (C=O) groups is 2. The van der Waals surface area contributed by atoms with Crippen molar-refractivity contribution in [3.05, 3.63) is 64.6 Å².